The molecule has 1 aliphatic heterocycles. The Labute approximate surface area is 490 Å². The predicted octanol–water partition coefficient (Wildman–Crippen LogP) is 5.12. The number of H-pyrrole nitrogens is 1. The molecule has 436 valence electrons. The number of carbonyl (C=O) groups excluding carboxylic acids is 2. The Balaban J connectivity index is -0.000000482. The van der Waals surface area contributed by atoms with Gasteiger partial charge in [0.1, 0.15) is 30.7 Å². The molecule has 4 rings (SSSR count). The SMILES string of the molecule is CC(=O)Nc1ccnc(=O)[nH]1.CC[C@@H](O)Cn1ccc(NC(=O)O)nc1=O.CC[C@@H]1CO1.[2H]CF.[C-]#[N+]CCOP(Cl)N(C(C)C)C(C)C.[C-]#[N+]CCOP(O[C@H](CC)Cn1ccc(NC(C)=O)nc1=O)N(C(C)C)C(C)C.[H-].[Na+]. The summed E-state index contributed by atoms with van der Waals surface area (Å²) in [7, 11) is -3.46. The number of carboxylic acid groups (broad SMARTS) is 1. The number of halogens is 2. The molecule has 0 aromatic carbocycles. The molecule has 6 N–H and O–H groups in total. The third kappa shape index (κ3) is 36.7. The summed E-state index contributed by atoms with van der Waals surface area (Å²) < 4.78 is 45.0. The Morgan fingerprint density at radius 2 is 1.35 bits per heavy atom. The molecule has 0 spiro atoms. The molecule has 3 aromatic heterocycles. The van der Waals surface area contributed by atoms with Gasteiger partial charge < -0.3 is 50.3 Å². The maximum atomic E-state index is 12.3. The molecule has 3 aromatic rings. The van der Waals surface area contributed by atoms with E-state index in [1.165, 1.54) is 53.9 Å². The minimum absolute atomic E-state index is 0. The standard InChI is InChI=1S/C19H32N5O4P.C9H18ClN2OP.C9H13N3O4.C6H7N3O2.C4H8O.CH3F.Na.H/c1-8-17(13-23-11-9-18(21-16(6)25)22-19(23)26)28-29(27-12-10-20-7)24(14(2)3)15(4)5;1-8(2)12(9(3)4)14(10)13-7-6-11-5;1-2-6(13)5-12-4-3-7(10-8(12)14)11-9(15)16;1-4(10)8-5-2-3-7-6(11)9-5;1-2-4-3-5-4;1-2;;/h9,11,14-15,17H,8,10,12-13H2,1-6H3,(H,21,22,25,26);8-9H,6-7H2,1-4H3;3-4,6,13H,2,5H2,1H3,(H,15,16)(H,10,11,14);2-3H,1H3,(H2,7,8,9,10,11);4H,2-3H2,1H3;1H3;;/q;;;;;;+1;-1/t17-,29?;;6-;;4-;;;/m1.1.1.../s1/i;;;;;1D;;. The monoisotopic (exact) mass is 1170 g/mol. The van der Waals surface area contributed by atoms with E-state index >= 15 is 0 Å². The number of nitrogens with zero attached hydrogens (tertiary/aromatic N) is 9. The van der Waals surface area contributed by atoms with Crippen LogP contribution < -0.4 is 62.6 Å². The molecule has 25 nitrogen and oxygen atoms in total. The number of amides is 3. The Bertz CT molecular complexity index is 2430. The first-order valence-electron chi connectivity index (χ1n) is 25.3. The number of ether oxygens (including phenoxy) is 1. The van der Waals surface area contributed by atoms with Gasteiger partial charge in [-0.25, -0.2) is 46.6 Å². The van der Waals surface area contributed by atoms with Crippen LogP contribution in [0.25, 0.3) is 9.69 Å². The molecule has 0 aliphatic carbocycles. The van der Waals surface area contributed by atoms with Gasteiger partial charge in [-0.2, -0.15) is 9.97 Å². The molecule has 3 amide bonds. The van der Waals surface area contributed by atoms with Gasteiger partial charge in [0.25, 0.3) is 8.53 Å². The first-order chi connectivity index (χ1) is 36.7. The van der Waals surface area contributed by atoms with Crippen molar-refractivity contribution in [2.45, 2.75) is 165 Å². The molecule has 78 heavy (non-hydrogen) atoms. The number of epoxide rings is 1. The fourth-order valence-electron chi connectivity index (χ4n) is 5.92. The number of rotatable bonds is 24. The predicted molar refractivity (Wildman–Crippen MR) is 301 cm³/mol. The molecule has 2 unspecified atom stereocenters. The van der Waals surface area contributed by atoms with E-state index < -0.39 is 52.6 Å². The van der Waals surface area contributed by atoms with Gasteiger partial charge in [0.15, 0.2) is 0 Å². The summed E-state index contributed by atoms with van der Waals surface area (Å²) in [5.74, 6) is 0.0430. The second kappa shape index (κ2) is 45.4. The van der Waals surface area contributed by atoms with Crippen molar-refractivity contribution in [1.82, 2.24) is 38.4 Å². The summed E-state index contributed by atoms with van der Waals surface area (Å²) in [6.45, 7) is 41.8. The number of aliphatic hydroxyl groups excluding tert-OH is 1. The number of aromatic nitrogens is 6. The number of nitrogens with one attached hydrogen (secondary N) is 4. The molecule has 5 atom stereocenters. The summed E-state index contributed by atoms with van der Waals surface area (Å²) in [6.07, 6.45) is 5.18. The van der Waals surface area contributed by atoms with Crippen LogP contribution in [-0.2, 0) is 41.0 Å². The van der Waals surface area contributed by atoms with Crippen LogP contribution in [-0.4, -0.2) is 149 Å². The number of hydrogen-bond donors (Lipinski definition) is 6. The largest absolute Gasteiger partial charge is 1.00 e. The number of aromatic amines is 1. The minimum atomic E-state index is -1.39. The molecule has 1 fully saturated rings. The third-order valence-corrected chi connectivity index (χ3v) is 14.1. The van der Waals surface area contributed by atoms with E-state index in [0.717, 1.165) is 6.61 Å². The normalized spacial score (nSPS) is 13.7. The van der Waals surface area contributed by atoms with E-state index in [-0.39, 0.29) is 85.7 Å². The van der Waals surface area contributed by atoms with Gasteiger partial charge in [-0.1, -0.05) is 20.8 Å². The second-order valence-corrected chi connectivity index (χ2v) is 20.6. The third-order valence-electron chi connectivity index (χ3n) is 9.40. The van der Waals surface area contributed by atoms with Crippen molar-refractivity contribution in [2.24, 2.45) is 0 Å². The van der Waals surface area contributed by atoms with Crippen molar-refractivity contribution in [3.63, 3.8) is 0 Å². The van der Waals surface area contributed by atoms with E-state index in [1.54, 1.807) is 19.2 Å². The number of anilines is 3. The zero-order valence-corrected chi connectivity index (χ0v) is 52.0. The summed E-state index contributed by atoms with van der Waals surface area (Å²) >= 11 is 6.14. The Hall–Kier alpha value is -4.37. The number of aliphatic hydroxyl groups is 1. The van der Waals surface area contributed by atoms with Gasteiger partial charge in [-0.05, 0) is 104 Å². The van der Waals surface area contributed by atoms with Crippen molar-refractivity contribution >= 4 is 62.8 Å². The van der Waals surface area contributed by atoms with E-state index in [0.29, 0.717) is 63.2 Å². The summed E-state index contributed by atoms with van der Waals surface area (Å²) in [5, 5.41) is 24.6. The molecular formula is C48H82ClFN13NaO12P2. The van der Waals surface area contributed by atoms with Crippen molar-refractivity contribution < 1.29 is 79.6 Å². The average molecular weight is 1170 g/mol. The number of alkyl halides is 1. The Morgan fingerprint density at radius 1 is 0.872 bits per heavy atom. The zero-order valence-electron chi connectivity index (χ0n) is 49.4. The van der Waals surface area contributed by atoms with Crippen LogP contribution in [0, 0.1) is 13.1 Å². The Kier molecular flexibility index (Phi) is 44.0. The summed E-state index contributed by atoms with van der Waals surface area (Å²) in [5.41, 5.74) is -1.53. The van der Waals surface area contributed by atoms with Gasteiger partial charge in [0.2, 0.25) is 32.6 Å². The van der Waals surface area contributed by atoms with E-state index in [2.05, 4.69) is 112 Å². The quantitative estimate of drug-likeness (QED) is 0.0223. The van der Waals surface area contributed by atoms with Crippen LogP contribution in [0.1, 0.15) is 112 Å². The fraction of sp³-hybridized carbons (Fsp3) is 0.646. The van der Waals surface area contributed by atoms with Gasteiger partial charge >= 0.3 is 52.7 Å². The van der Waals surface area contributed by atoms with E-state index in [4.69, 9.17) is 49.2 Å². The first-order valence-corrected chi connectivity index (χ1v) is 27.8. The molecule has 0 bridgehead atoms. The van der Waals surface area contributed by atoms with Crippen molar-refractivity contribution in [3.8, 4) is 0 Å². The Morgan fingerprint density at radius 3 is 1.72 bits per heavy atom. The molecule has 1 saturated heterocycles. The second-order valence-electron chi connectivity index (χ2n) is 17.2. The van der Waals surface area contributed by atoms with Crippen molar-refractivity contribution in [1.29, 1.82) is 0 Å². The van der Waals surface area contributed by atoms with Gasteiger partial charge in [-0.3, -0.25) is 33.4 Å². The topological polar surface area (TPSA) is 299 Å². The van der Waals surface area contributed by atoms with Gasteiger partial charge in [0.05, 0.1) is 46.5 Å². The van der Waals surface area contributed by atoms with Crippen LogP contribution >= 0.6 is 27.4 Å². The van der Waals surface area contributed by atoms with Crippen LogP contribution in [0.15, 0.2) is 51.2 Å². The van der Waals surface area contributed by atoms with Crippen molar-refractivity contribution in [3.05, 3.63) is 91.1 Å². The maximum Gasteiger partial charge on any atom is 1.00 e. The van der Waals surface area contributed by atoms with Crippen molar-refractivity contribution in [2.75, 3.05) is 56.0 Å². The van der Waals surface area contributed by atoms with Crippen LogP contribution in [0.4, 0.5) is 26.6 Å². The van der Waals surface area contributed by atoms with Crippen LogP contribution in [0.2, 0.25) is 0 Å². The van der Waals surface area contributed by atoms with Gasteiger partial charge in [-0.15, -0.1) is 0 Å². The van der Waals surface area contributed by atoms with E-state index in [1.807, 2.05) is 12.2 Å². The smallest absolute Gasteiger partial charge is 1.00 e. The molecule has 0 radical (unpaired) electrons. The number of hydrogen-bond acceptors (Lipinski definition) is 16. The average Bonchev–Trinajstić information content (AvgIpc) is 4.18. The van der Waals surface area contributed by atoms with E-state index in [9.17, 15) is 38.3 Å². The van der Waals surface area contributed by atoms with Gasteiger partial charge in [0, 0.05) is 56.6 Å². The number of carbonyl (C=O) groups is 3. The molecule has 1 aliphatic rings. The first kappa shape index (κ1) is 75.7. The fourth-order valence-corrected chi connectivity index (χ4v) is 10.0. The molecular weight excluding hydrogens is 1090 g/mol. The summed E-state index contributed by atoms with van der Waals surface area (Å²) in [6, 6.07) is 5.58. The molecule has 0 saturated carbocycles. The summed E-state index contributed by atoms with van der Waals surface area (Å²) in [4.78, 5) is 85.8. The molecule has 30 heteroatoms. The van der Waals surface area contributed by atoms with Crippen LogP contribution in [0.3, 0.4) is 0 Å². The van der Waals surface area contributed by atoms with Crippen LogP contribution in [0.5, 0.6) is 0 Å². The molecule has 4 heterocycles. The minimum Gasteiger partial charge on any atom is -1.00 e. The maximum absolute atomic E-state index is 12.3. The zero-order chi connectivity index (χ0) is 59.9.